The highest BCUT2D eigenvalue weighted by Gasteiger charge is 2.32. The minimum Gasteiger partial charge on any atom is -0.345 e. The molecule has 0 bridgehead atoms. The molecular formula is C36H38ClF3N4O. The number of nitrogens with one attached hydrogen (secondary N) is 1. The van der Waals surface area contributed by atoms with Gasteiger partial charge in [-0.1, -0.05) is 60.5 Å². The molecule has 1 atom stereocenters. The van der Waals surface area contributed by atoms with E-state index in [0.717, 1.165) is 56.7 Å². The smallest absolute Gasteiger partial charge is 0.345 e. The molecule has 0 radical (unpaired) electrons. The molecule has 4 aromatic rings. The summed E-state index contributed by atoms with van der Waals surface area (Å²) in [5, 5.41) is 4.18. The highest BCUT2D eigenvalue weighted by Crippen LogP contribution is 2.37. The zero-order chi connectivity index (χ0) is 31.6. The van der Waals surface area contributed by atoms with Gasteiger partial charge >= 0.3 is 6.18 Å². The fourth-order valence-corrected chi connectivity index (χ4v) is 6.99. The standard InChI is InChI=1S/C36H38ClF3N4O/c1-24(25-9-4-2-5-10-25)41-35(45)33-30-22-28(37)13-14-32(30)42-34(26-11-8-12-27(21-26)36(38,39)40)31(33)23-43-19-15-29(16-20-43)44-17-6-3-7-18-44/h2,4-5,8-14,21-22,24,29H,3,6-7,15-20,23H2,1H3,(H,41,45)/t24-/m0/s1. The van der Waals surface area contributed by atoms with Crippen molar-refractivity contribution >= 4 is 28.4 Å². The summed E-state index contributed by atoms with van der Waals surface area (Å²) in [5.74, 6) is -0.313. The molecule has 2 aliphatic rings. The van der Waals surface area contributed by atoms with Crippen LogP contribution >= 0.6 is 11.6 Å². The molecule has 0 spiro atoms. The highest BCUT2D eigenvalue weighted by atomic mass is 35.5. The second-order valence-corrected chi connectivity index (χ2v) is 12.7. The maximum absolute atomic E-state index is 14.3. The number of carbonyl (C=O) groups is 1. The summed E-state index contributed by atoms with van der Waals surface area (Å²) < 4.78 is 41.5. The van der Waals surface area contributed by atoms with Gasteiger partial charge in [0.15, 0.2) is 0 Å². The van der Waals surface area contributed by atoms with Crippen molar-refractivity contribution in [1.29, 1.82) is 0 Å². The number of benzene rings is 3. The fraction of sp³-hybridized carbons (Fsp3) is 0.389. The second kappa shape index (κ2) is 13.5. The monoisotopic (exact) mass is 634 g/mol. The zero-order valence-corrected chi connectivity index (χ0v) is 26.2. The third kappa shape index (κ3) is 7.19. The second-order valence-electron chi connectivity index (χ2n) is 12.3. The van der Waals surface area contributed by atoms with Crippen molar-refractivity contribution < 1.29 is 18.0 Å². The molecule has 0 unspecified atom stereocenters. The molecule has 6 rings (SSSR count). The number of hydrogen-bond acceptors (Lipinski definition) is 4. The van der Waals surface area contributed by atoms with E-state index in [1.54, 1.807) is 24.3 Å². The molecule has 2 aliphatic heterocycles. The molecule has 3 heterocycles. The van der Waals surface area contributed by atoms with Crippen molar-refractivity contribution in [3.63, 3.8) is 0 Å². The average molecular weight is 635 g/mol. The summed E-state index contributed by atoms with van der Waals surface area (Å²) in [4.78, 5) is 24.1. The number of halogens is 4. The van der Waals surface area contributed by atoms with Crippen LogP contribution < -0.4 is 5.32 Å². The van der Waals surface area contributed by atoms with Gasteiger partial charge in [0, 0.05) is 34.1 Å². The Morgan fingerprint density at radius 2 is 1.69 bits per heavy atom. The molecule has 2 saturated heterocycles. The number of alkyl halides is 3. The van der Waals surface area contributed by atoms with Crippen molar-refractivity contribution in [2.24, 2.45) is 0 Å². The number of carbonyl (C=O) groups excluding carboxylic acids is 1. The predicted octanol–water partition coefficient (Wildman–Crippen LogP) is 8.52. The van der Waals surface area contributed by atoms with Gasteiger partial charge in [-0.15, -0.1) is 0 Å². The van der Waals surface area contributed by atoms with Crippen LogP contribution in [0.3, 0.4) is 0 Å². The Labute approximate surface area is 267 Å². The Balaban J connectivity index is 1.43. The average Bonchev–Trinajstić information content (AvgIpc) is 3.05. The summed E-state index contributed by atoms with van der Waals surface area (Å²) in [6, 6.07) is 20.3. The van der Waals surface area contributed by atoms with Crippen LogP contribution in [0, 0.1) is 0 Å². The number of hydrogen-bond donors (Lipinski definition) is 1. The maximum atomic E-state index is 14.3. The first-order valence-electron chi connectivity index (χ1n) is 15.8. The van der Waals surface area contributed by atoms with Crippen LogP contribution in [0.2, 0.25) is 5.02 Å². The number of pyridine rings is 1. The van der Waals surface area contributed by atoms with E-state index in [-0.39, 0.29) is 11.9 Å². The van der Waals surface area contributed by atoms with Gasteiger partial charge in [0.05, 0.1) is 28.4 Å². The zero-order valence-electron chi connectivity index (χ0n) is 25.4. The van der Waals surface area contributed by atoms with E-state index in [1.807, 2.05) is 37.3 Å². The van der Waals surface area contributed by atoms with Crippen LogP contribution in [0.1, 0.15) is 72.1 Å². The Morgan fingerprint density at radius 1 is 0.956 bits per heavy atom. The molecule has 2 fully saturated rings. The van der Waals surface area contributed by atoms with E-state index in [4.69, 9.17) is 16.6 Å². The number of rotatable bonds is 7. The first kappa shape index (κ1) is 31.5. The first-order valence-corrected chi connectivity index (χ1v) is 16.2. The summed E-state index contributed by atoms with van der Waals surface area (Å²) in [5.41, 5.74) is 2.40. The fourth-order valence-electron chi connectivity index (χ4n) is 6.81. The molecule has 45 heavy (non-hydrogen) atoms. The Kier molecular flexibility index (Phi) is 9.45. The number of fused-ring (bicyclic) bond motifs is 1. The molecule has 3 aromatic carbocycles. The number of piperidine rings is 2. The largest absolute Gasteiger partial charge is 0.416 e. The molecule has 1 amide bonds. The highest BCUT2D eigenvalue weighted by molar-refractivity contribution is 6.31. The SMILES string of the molecule is C[C@H](NC(=O)c1c(CN2CCC(N3CCCCC3)CC2)c(-c2cccc(C(F)(F)F)c2)nc2ccc(Cl)cc12)c1ccccc1. The lowest BCUT2D eigenvalue weighted by atomic mass is 9.93. The van der Waals surface area contributed by atoms with Gasteiger partial charge < -0.3 is 10.2 Å². The van der Waals surface area contributed by atoms with Crippen LogP contribution in [0.5, 0.6) is 0 Å². The van der Waals surface area contributed by atoms with Crippen molar-refractivity contribution in [2.45, 2.75) is 63.8 Å². The number of amides is 1. The summed E-state index contributed by atoms with van der Waals surface area (Å²) in [7, 11) is 0. The molecule has 9 heteroatoms. The number of likely N-dealkylation sites (tertiary alicyclic amines) is 2. The van der Waals surface area contributed by atoms with Crippen molar-refractivity contribution in [3.8, 4) is 11.3 Å². The van der Waals surface area contributed by atoms with Crippen LogP contribution in [0.15, 0.2) is 72.8 Å². The molecule has 236 valence electrons. The van der Waals surface area contributed by atoms with Crippen LogP contribution in [-0.4, -0.2) is 52.9 Å². The topological polar surface area (TPSA) is 48.5 Å². The number of nitrogens with zero attached hydrogens (tertiary/aromatic N) is 3. The molecule has 5 nitrogen and oxygen atoms in total. The van der Waals surface area contributed by atoms with Crippen LogP contribution in [-0.2, 0) is 12.7 Å². The summed E-state index contributed by atoms with van der Waals surface area (Å²) in [6.45, 7) is 6.25. The number of aromatic nitrogens is 1. The van der Waals surface area contributed by atoms with E-state index in [0.29, 0.717) is 50.9 Å². The lowest BCUT2D eigenvalue weighted by Gasteiger charge is -2.40. The maximum Gasteiger partial charge on any atom is 0.416 e. The van der Waals surface area contributed by atoms with Crippen LogP contribution in [0.25, 0.3) is 22.2 Å². The predicted molar refractivity (Wildman–Crippen MR) is 173 cm³/mol. The lowest BCUT2D eigenvalue weighted by molar-refractivity contribution is -0.137. The van der Waals surface area contributed by atoms with Gasteiger partial charge in [0.25, 0.3) is 5.91 Å². The van der Waals surface area contributed by atoms with Gasteiger partial charge in [-0.25, -0.2) is 4.98 Å². The molecule has 1 aromatic heterocycles. The molecular weight excluding hydrogens is 597 g/mol. The van der Waals surface area contributed by atoms with Gasteiger partial charge in [-0.05, 0) is 94.7 Å². The summed E-state index contributed by atoms with van der Waals surface area (Å²) in [6.07, 6.45) is 1.29. The van der Waals surface area contributed by atoms with Gasteiger partial charge in [0.1, 0.15) is 0 Å². The van der Waals surface area contributed by atoms with Crippen molar-refractivity contribution in [1.82, 2.24) is 20.1 Å². The van der Waals surface area contributed by atoms with Gasteiger partial charge in [-0.3, -0.25) is 9.69 Å². The van der Waals surface area contributed by atoms with Crippen molar-refractivity contribution in [3.05, 3.63) is 100 Å². The molecule has 1 N–H and O–H groups in total. The Morgan fingerprint density at radius 3 is 2.40 bits per heavy atom. The summed E-state index contributed by atoms with van der Waals surface area (Å²) >= 11 is 6.46. The minimum absolute atomic E-state index is 0.300. The van der Waals surface area contributed by atoms with E-state index in [1.165, 1.54) is 25.3 Å². The lowest BCUT2D eigenvalue weighted by Crippen LogP contribution is -2.46. The third-order valence-electron chi connectivity index (χ3n) is 9.23. The quantitative estimate of drug-likeness (QED) is 0.221. The van der Waals surface area contributed by atoms with Crippen molar-refractivity contribution in [2.75, 3.05) is 26.2 Å². The van der Waals surface area contributed by atoms with E-state index in [9.17, 15) is 18.0 Å². The van der Waals surface area contributed by atoms with E-state index < -0.39 is 11.7 Å². The van der Waals surface area contributed by atoms with Gasteiger partial charge in [0.2, 0.25) is 0 Å². The Bertz CT molecular complexity index is 1650. The molecule has 0 saturated carbocycles. The Hall–Kier alpha value is -3.46. The molecule has 0 aliphatic carbocycles. The normalized spacial score (nSPS) is 17.8. The first-order chi connectivity index (χ1) is 21.7. The minimum atomic E-state index is -4.51. The van der Waals surface area contributed by atoms with E-state index in [2.05, 4.69) is 15.1 Å². The van der Waals surface area contributed by atoms with E-state index >= 15 is 0 Å². The van der Waals surface area contributed by atoms with Crippen LogP contribution in [0.4, 0.5) is 13.2 Å². The third-order valence-corrected chi connectivity index (χ3v) is 9.47. The van der Waals surface area contributed by atoms with Gasteiger partial charge in [-0.2, -0.15) is 13.2 Å².